The third-order valence-corrected chi connectivity index (χ3v) is 8.87. The smallest absolute Gasteiger partial charge is 0.446 e. The maximum Gasteiger partial charge on any atom is 0.446 e. The number of esters is 2. The van der Waals surface area contributed by atoms with Crippen molar-refractivity contribution in [2.75, 3.05) is 27.4 Å². The van der Waals surface area contributed by atoms with Gasteiger partial charge in [0.15, 0.2) is 28.8 Å². The molecule has 0 unspecified atom stereocenters. The Balaban J connectivity index is 1.31. The highest BCUT2D eigenvalue weighted by Crippen LogP contribution is 2.40. The van der Waals surface area contributed by atoms with Gasteiger partial charge >= 0.3 is 22.3 Å². The molecule has 51 heavy (non-hydrogen) atoms. The molecule has 0 spiro atoms. The lowest BCUT2D eigenvalue weighted by molar-refractivity contribution is 0.0514. The van der Waals surface area contributed by atoms with Crippen LogP contribution < -0.4 is 23.1 Å². The van der Waals surface area contributed by atoms with Gasteiger partial charge in [0.25, 0.3) is 0 Å². The topological polar surface area (TPSA) is 192 Å². The first-order valence-corrected chi connectivity index (χ1v) is 17.5. The number of rotatable bonds is 14. The Morgan fingerprint density at radius 3 is 2.00 bits per heavy atom. The van der Waals surface area contributed by atoms with Crippen molar-refractivity contribution in [3.8, 4) is 28.7 Å². The number of fused-ring (bicyclic) bond motifs is 3. The van der Waals surface area contributed by atoms with Crippen LogP contribution >= 0.6 is 11.3 Å². The van der Waals surface area contributed by atoms with Crippen LogP contribution in [0.2, 0.25) is 0 Å². The molecule has 0 aliphatic carbocycles. The van der Waals surface area contributed by atoms with Crippen molar-refractivity contribution in [3.05, 3.63) is 70.1 Å². The van der Waals surface area contributed by atoms with Gasteiger partial charge in [-0.2, -0.15) is 8.42 Å². The number of ether oxygens (including phenoxy) is 6. The van der Waals surface area contributed by atoms with Gasteiger partial charge in [-0.1, -0.05) is 0 Å². The van der Waals surface area contributed by atoms with Gasteiger partial charge in [-0.25, -0.2) is 14.6 Å². The number of aromatic nitrogens is 1. The standard InChI is InChI=1S/C34H31NO14S2/c1-6-43-33(36)31-17(3)47-22-13-24(41-4)26(11-19(22)31)45-15-28-32(34(37)44-7-2)20-12-27(25(42-5)14-23(20)48-28)46-16-30-35-21-9-8-18(10-29(21)50-30)49-51(38,39)40/h8-14H,6-7,15-16H2,1-5H3,(H,38,39,40). The van der Waals surface area contributed by atoms with Crippen LogP contribution in [-0.4, -0.2) is 57.3 Å². The summed E-state index contributed by atoms with van der Waals surface area (Å²) in [7, 11) is -1.78. The van der Waals surface area contributed by atoms with E-state index in [1.165, 1.54) is 37.7 Å². The van der Waals surface area contributed by atoms with Crippen molar-refractivity contribution < 1.29 is 64.0 Å². The first kappa shape index (κ1) is 35.3. The van der Waals surface area contributed by atoms with Gasteiger partial charge in [-0.3, -0.25) is 4.55 Å². The number of methoxy groups -OCH3 is 2. The van der Waals surface area contributed by atoms with E-state index in [2.05, 4.69) is 9.17 Å². The third kappa shape index (κ3) is 7.35. The highest BCUT2D eigenvalue weighted by Gasteiger charge is 2.27. The van der Waals surface area contributed by atoms with Gasteiger partial charge < -0.3 is 41.4 Å². The van der Waals surface area contributed by atoms with Gasteiger partial charge in [-0.05, 0) is 45.0 Å². The monoisotopic (exact) mass is 741 g/mol. The molecule has 0 radical (unpaired) electrons. The molecule has 17 heteroatoms. The summed E-state index contributed by atoms with van der Waals surface area (Å²) in [6, 6.07) is 10.7. The molecule has 0 saturated carbocycles. The minimum absolute atomic E-state index is 0.0121. The van der Waals surface area contributed by atoms with Crippen molar-refractivity contribution in [2.45, 2.75) is 34.0 Å². The number of aryl methyl sites for hydroxylation is 1. The highest BCUT2D eigenvalue weighted by molar-refractivity contribution is 7.81. The van der Waals surface area contributed by atoms with E-state index in [1.807, 2.05) is 0 Å². The molecule has 0 fully saturated rings. The lowest BCUT2D eigenvalue weighted by atomic mass is 10.1. The van der Waals surface area contributed by atoms with E-state index >= 15 is 0 Å². The SMILES string of the molecule is CCOC(=O)c1c(C)oc2cc(OC)c(OCc3oc4cc(OC)c(OCc5nc6ccc(OS(=O)(=O)O)cc6s5)cc4c3C(=O)OCC)cc12. The molecule has 3 aromatic heterocycles. The van der Waals surface area contributed by atoms with E-state index < -0.39 is 22.3 Å². The van der Waals surface area contributed by atoms with Crippen LogP contribution in [0.15, 0.2) is 51.3 Å². The van der Waals surface area contributed by atoms with Crippen molar-refractivity contribution in [1.82, 2.24) is 4.98 Å². The molecule has 6 rings (SSSR count). The highest BCUT2D eigenvalue weighted by atomic mass is 32.3. The van der Waals surface area contributed by atoms with E-state index in [9.17, 15) is 18.0 Å². The normalized spacial score (nSPS) is 11.6. The number of carbonyl (C=O) groups is 2. The summed E-state index contributed by atoms with van der Waals surface area (Å²) in [6.45, 7) is 5.08. The summed E-state index contributed by atoms with van der Waals surface area (Å²) in [4.78, 5) is 30.5. The van der Waals surface area contributed by atoms with Crippen LogP contribution in [0, 0.1) is 6.92 Å². The van der Waals surface area contributed by atoms with Gasteiger partial charge in [-0.15, -0.1) is 11.3 Å². The number of hydrogen-bond donors (Lipinski definition) is 1. The predicted molar refractivity (Wildman–Crippen MR) is 183 cm³/mol. The summed E-state index contributed by atoms with van der Waals surface area (Å²) < 4.78 is 82.1. The fourth-order valence-electron chi connectivity index (χ4n) is 5.38. The van der Waals surface area contributed by atoms with Crippen LogP contribution in [-0.2, 0) is 33.1 Å². The Hall–Kier alpha value is -5.52. The summed E-state index contributed by atoms with van der Waals surface area (Å²) in [5.41, 5.74) is 1.62. The van der Waals surface area contributed by atoms with Crippen LogP contribution in [0.5, 0.6) is 28.7 Å². The zero-order valence-corrected chi connectivity index (χ0v) is 29.5. The molecule has 0 bridgehead atoms. The molecule has 268 valence electrons. The van der Waals surface area contributed by atoms with Gasteiger partial charge in [0.1, 0.15) is 52.0 Å². The molecule has 1 N–H and O–H groups in total. The van der Waals surface area contributed by atoms with E-state index in [0.717, 1.165) is 0 Å². The molecule has 15 nitrogen and oxygen atoms in total. The van der Waals surface area contributed by atoms with Gasteiger partial charge in [0.05, 0.1) is 37.6 Å². The number of nitrogens with zero attached hydrogens (tertiary/aromatic N) is 1. The molecule has 6 aromatic rings. The molecular formula is C34H31NO14S2. The van der Waals surface area contributed by atoms with E-state index in [-0.39, 0.29) is 60.6 Å². The van der Waals surface area contributed by atoms with E-state index in [0.29, 0.717) is 54.4 Å². The number of thiazole rings is 1. The minimum atomic E-state index is -4.68. The largest absolute Gasteiger partial charge is 0.493 e. The minimum Gasteiger partial charge on any atom is -0.493 e. The number of carbonyl (C=O) groups excluding carboxylic acids is 2. The van der Waals surface area contributed by atoms with Gasteiger partial charge in [0, 0.05) is 29.0 Å². The Kier molecular flexibility index (Phi) is 9.95. The van der Waals surface area contributed by atoms with Gasteiger partial charge in [0.2, 0.25) is 0 Å². The molecule has 0 atom stereocenters. The maximum absolute atomic E-state index is 13.3. The summed E-state index contributed by atoms with van der Waals surface area (Å²) in [5, 5.41) is 1.37. The summed E-state index contributed by atoms with van der Waals surface area (Å²) >= 11 is 1.22. The van der Waals surface area contributed by atoms with Crippen LogP contribution in [0.1, 0.15) is 51.1 Å². The summed E-state index contributed by atoms with van der Waals surface area (Å²) in [5.74, 6) is 0.392. The fourth-order valence-corrected chi connectivity index (χ4v) is 6.64. The predicted octanol–water partition coefficient (Wildman–Crippen LogP) is 6.81. The maximum atomic E-state index is 13.3. The molecule has 3 heterocycles. The third-order valence-electron chi connectivity index (χ3n) is 7.47. The Labute approximate surface area is 294 Å². The first-order valence-electron chi connectivity index (χ1n) is 15.3. The van der Waals surface area contributed by atoms with Crippen molar-refractivity contribution in [2.24, 2.45) is 0 Å². The van der Waals surface area contributed by atoms with Crippen molar-refractivity contribution in [3.63, 3.8) is 0 Å². The summed E-state index contributed by atoms with van der Waals surface area (Å²) in [6.07, 6.45) is 0. The van der Waals surface area contributed by atoms with Crippen LogP contribution in [0.3, 0.4) is 0 Å². The lowest BCUT2D eigenvalue weighted by Gasteiger charge is -2.11. The molecule has 0 saturated heterocycles. The van der Waals surface area contributed by atoms with Crippen molar-refractivity contribution in [1.29, 1.82) is 0 Å². The molecule has 0 aliphatic rings. The van der Waals surface area contributed by atoms with E-state index in [1.54, 1.807) is 51.1 Å². The van der Waals surface area contributed by atoms with E-state index in [4.69, 9.17) is 41.8 Å². The second kappa shape index (κ2) is 14.4. The van der Waals surface area contributed by atoms with Crippen LogP contribution in [0.4, 0.5) is 0 Å². The Bertz CT molecular complexity index is 2390. The molecular weight excluding hydrogens is 711 g/mol. The van der Waals surface area contributed by atoms with Crippen LogP contribution in [0.25, 0.3) is 32.2 Å². The lowest BCUT2D eigenvalue weighted by Crippen LogP contribution is -2.09. The Morgan fingerprint density at radius 2 is 1.39 bits per heavy atom. The number of benzene rings is 3. The second-order valence-electron chi connectivity index (χ2n) is 10.7. The quantitative estimate of drug-likeness (QED) is 0.0904. The Morgan fingerprint density at radius 1 is 0.804 bits per heavy atom. The number of furan rings is 2. The number of hydrogen-bond acceptors (Lipinski definition) is 15. The second-order valence-corrected chi connectivity index (χ2v) is 12.8. The molecule has 3 aromatic carbocycles. The average Bonchev–Trinajstić information content (AvgIpc) is 3.75. The van der Waals surface area contributed by atoms with Crippen molar-refractivity contribution >= 4 is 65.8 Å². The first-order chi connectivity index (χ1) is 24.4. The zero-order valence-electron chi connectivity index (χ0n) is 27.9. The molecule has 0 amide bonds. The average molecular weight is 742 g/mol. The zero-order chi connectivity index (χ0) is 36.4. The molecule has 0 aliphatic heterocycles. The fraction of sp³-hybridized carbons (Fsp3) is 0.265.